The van der Waals surface area contributed by atoms with E-state index in [1.807, 2.05) is 36.5 Å². The van der Waals surface area contributed by atoms with E-state index < -0.39 is 0 Å². The molecule has 3 aromatic rings. The lowest BCUT2D eigenvalue weighted by Crippen LogP contribution is -2.22. The molecular formula is C20H23N5O. The lowest BCUT2D eigenvalue weighted by Gasteiger charge is -2.23. The molecular weight excluding hydrogens is 326 g/mol. The molecule has 1 fully saturated rings. The quantitative estimate of drug-likeness (QED) is 0.670. The van der Waals surface area contributed by atoms with Gasteiger partial charge in [0, 0.05) is 30.4 Å². The van der Waals surface area contributed by atoms with Gasteiger partial charge in [0.15, 0.2) is 0 Å². The summed E-state index contributed by atoms with van der Waals surface area (Å²) in [5.74, 6) is 0.790. The van der Waals surface area contributed by atoms with Crippen molar-refractivity contribution < 1.29 is 4.79 Å². The number of hydrogen-bond donors (Lipinski definition) is 3. The highest BCUT2D eigenvalue weighted by Crippen LogP contribution is 2.32. The van der Waals surface area contributed by atoms with Crippen molar-refractivity contribution in [2.24, 2.45) is 0 Å². The van der Waals surface area contributed by atoms with Gasteiger partial charge in [-0.25, -0.2) is 4.98 Å². The Morgan fingerprint density at radius 3 is 2.62 bits per heavy atom. The lowest BCUT2D eigenvalue weighted by molar-refractivity contribution is 0.0963. The Balaban J connectivity index is 1.70. The van der Waals surface area contributed by atoms with Gasteiger partial charge in [0.05, 0.1) is 10.9 Å². The van der Waals surface area contributed by atoms with Crippen molar-refractivity contribution in [3.8, 4) is 11.3 Å². The Morgan fingerprint density at radius 2 is 1.88 bits per heavy atom. The summed E-state index contributed by atoms with van der Waals surface area (Å²) in [6.45, 7) is 0. The second-order valence-electron chi connectivity index (χ2n) is 6.79. The molecule has 1 aromatic carbocycles. The van der Waals surface area contributed by atoms with E-state index in [4.69, 9.17) is 0 Å². The molecule has 1 aliphatic carbocycles. The molecule has 4 rings (SSSR count). The minimum absolute atomic E-state index is 0.0928. The van der Waals surface area contributed by atoms with Crippen molar-refractivity contribution >= 4 is 22.6 Å². The van der Waals surface area contributed by atoms with Gasteiger partial charge in [-0.3, -0.25) is 9.89 Å². The number of nitrogens with one attached hydrogen (secondary N) is 3. The summed E-state index contributed by atoms with van der Waals surface area (Å²) < 4.78 is 0. The van der Waals surface area contributed by atoms with Gasteiger partial charge in [-0.05, 0) is 31.0 Å². The molecule has 26 heavy (non-hydrogen) atoms. The molecule has 0 bridgehead atoms. The second-order valence-corrected chi connectivity index (χ2v) is 6.79. The van der Waals surface area contributed by atoms with Crippen LogP contribution in [0.15, 0.2) is 36.5 Å². The first-order valence-corrected chi connectivity index (χ1v) is 9.18. The smallest absolute Gasteiger partial charge is 0.251 e. The highest BCUT2D eigenvalue weighted by molar-refractivity contribution is 6.01. The number of aromatic nitrogens is 3. The first-order chi connectivity index (χ1) is 12.8. The average Bonchev–Trinajstić information content (AvgIpc) is 3.13. The molecule has 6 nitrogen and oxygen atoms in total. The number of hydrogen-bond acceptors (Lipinski definition) is 4. The molecule has 0 saturated heterocycles. The Kier molecular flexibility index (Phi) is 4.56. The van der Waals surface area contributed by atoms with E-state index in [-0.39, 0.29) is 5.91 Å². The van der Waals surface area contributed by atoms with Gasteiger partial charge in [-0.15, -0.1) is 0 Å². The number of carbonyl (C=O) groups is 1. The van der Waals surface area contributed by atoms with Gasteiger partial charge in [0.1, 0.15) is 11.5 Å². The summed E-state index contributed by atoms with van der Waals surface area (Å²) in [7, 11) is 1.63. The van der Waals surface area contributed by atoms with E-state index in [0.29, 0.717) is 11.6 Å². The van der Waals surface area contributed by atoms with Gasteiger partial charge >= 0.3 is 0 Å². The molecule has 2 heterocycles. The number of anilines is 1. The van der Waals surface area contributed by atoms with Crippen LogP contribution in [-0.2, 0) is 0 Å². The minimum atomic E-state index is -0.0928. The highest BCUT2D eigenvalue weighted by atomic mass is 16.1. The molecule has 1 saturated carbocycles. The SMILES string of the molecule is CNC(=O)c1ccc(-c2n[nH]c3ccnc(NC4CCCCC4)c23)cc1. The zero-order valence-electron chi connectivity index (χ0n) is 14.9. The van der Waals surface area contributed by atoms with Crippen molar-refractivity contribution in [2.45, 2.75) is 38.1 Å². The maximum Gasteiger partial charge on any atom is 0.251 e. The first-order valence-electron chi connectivity index (χ1n) is 9.18. The van der Waals surface area contributed by atoms with E-state index in [1.54, 1.807) is 7.05 Å². The van der Waals surface area contributed by atoms with Gasteiger partial charge in [0.2, 0.25) is 0 Å². The molecule has 1 aliphatic rings. The van der Waals surface area contributed by atoms with Gasteiger partial charge in [-0.1, -0.05) is 31.4 Å². The van der Waals surface area contributed by atoms with Crippen molar-refractivity contribution in [1.29, 1.82) is 0 Å². The number of pyridine rings is 1. The lowest BCUT2D eigenvalue weighted by atomic mass is 9.95. The number of nitrogens with zero attached hydrogens (tertiary/aromatic N) is 2. The fourth-order valence-electron chi connectivity index (χ4n) is 3.65. The zero-order valence-corrected chi connectivity index (χ0v) is 14.9. The first kappa shape index (κ1) is 16.6. The Labute approximate surface area is 152 Å². The Morgan fingerprint density at radius 1 is 1.12 bits per heavy atom. The van der Waals surface area contributed by atoms with Crippen LogP contribution in [-0.4, -0.2) is 34.2 Å². The van der Waals surface area contributed by atoms with E-state index in [0.717, 1.165) is 28.0 Å². The molecule has 0 unspecified atom stereocenters. The summed E-state index contributed by atoms with van der Waals surface area (Å²) in [6.07, 6.45) is 8.05. The van der Waals surface area contributed by atoms with Crippen LogP contribution >= 0.6 is 0 Å². The fourth-order valence-corrected chi connectivity index (χ4v) is 3.65. The van der Waals surface area contributed by atoms with Gasteiger partial charge in [-0.2, -0.15) is 5.10 Å². The van der Waals surface area contributed by atoms with Crippen molar-refractivity contribution in [3.05, 3.63) is 42.1 Å². The van der Waals surface area contributed by atoms with E-state index in [1.165, 1.54) is 32.1 Å². The van der Waals surface area contributed by atoms with E-state index in [9.17, 15) is 4.79 Å². The molecule has 3 N–H and O–H groups in total. The van der Waals surface area contributed by atoms with Crippen molar-refractivity contribution in [2.75, 3.05) is 12.4 Å². The summed E-state index contributed by atoms with van der Waals surface area (Å²) in [4.78, 5) is 16.3. The third-order valence-electron chi connectivity index (χ3n) is 5.07. The zero-order chi connectivity index (χ0) is 17.9. The van der Waals surface area contributed by atoms with Crippen LogP contribution < -0.4 is 10.6 Å². The number of benzene rings is 1. The third-order valence-corrected chi connectivity index (χ3v) is 5.07. The van der Waals surface area contributed by atoms with E-state index in [2.05, 4.69) is 25.8 Å². The van der Waals surface area contributed by atoms with Crippen LogP contribution in [0.25, 0.3) is 22.2 Å². The number of H-pyrrole nitrogens is 1. The fraction of sp³-hybridized carbons (Fsp3) is 0.350. The normalized spacial score (nSPS) is 15.1. The number of fused-ring (bicyclic) bond motifs is 1. The van der Waals surface area contributed by atoms with Crippen LogP contribution in [0.1, 0.15) is 42.5 Å². The topological polar surface area (TPSA) is 82.7 Å². The van der Waals surface area contributed by atoms with Crippen molar-refractivity contribution in [1.82, 2.24) is 20.5 Å². The van der Waals surface area contributed by atoms with E-state index >= 15 is 0 Å². The predicted molar refractivity (Wildman–Crippen MR) is 103 cm³/mol. The summed E-state index contributed by atoms with van der Waals surface area (Å²) in [5.41, 5.74) is 3.41. The molecule has 134 valence electrons. The Bertz CT molecular complexity index is 910. The minimum Gasteiger partial charge on any atom is -0.367 e. The van der Waals surface area contributed by atoms with Crippen LogP contribution in [0.2, 0.25) is 0 Å². The van der Waals surface area contributed by atoms with Crippen LogP contribution in [0, 0.1) is 0 Å². The number of rotatable bonds is 4. The average molecular weight is 349 g/mol. The highest BCUT2D eigenvalue weighted by Gasteiger charge is 2.18. The maximum absolute atomic E-state index is 11.7. The molecule has 6 heteroatoms. The summed E-state index contributed by atoms with van der Waals surface area (Å²) >= 11 is 0. The molecule has 0 spiro atoms. The Hall–Kier alpha value is -2.89. The number of amides is 1. The molecule has 0 aliphatic heterocycles. The molecule has 1 amide bonds. The molecule has 0 atom stereocenters. The second kappa shape index (κ2) is 7.15. The number of aromatic amines is 1. The summed E-state index contributed by atoms with van der Waals surface area (Å²) in [5, 5.41) is 14.9. The predicted octanol–water partition coefficient (Wildman–Crippen LogP) is 3.73. The molecule has 0 radical (unpaired) electrons. The van der Waals surface area contributed by atoms with Gasteiger partial charge < -0.3 is 10.6 Å². The van der Waals surface area contributed by atoms with Crippen molar-refractivity contribution in [3.63, 3.8) is 0 Å². The number of carbonyl (C=O) groups excluding carboxylic acids is 1. The largest absolute Gasteiger partial charge is 0.367 e. The third kappa shape index (κ3) is 3.14. The van der Waals surface area contributed by atoms with Crippen LogP contribution in [0.5, 0.6) is 0 Å². The summed E-state index contributed by atoms with van der Waals surface area (Å²) in [6, 6.07) is 9.91. The standard InChI is InChI=1S/C20H23N5O/c1-21-20(26)14-9-7-13(8-10-14)18-17-16(24-25-18)11-12-22-19(17)23-15-5-3-2-4-6-15/h7-12,15H,2-6H2,1H3,(H,21,26)(H,22,23)(H,24,25). The monoisotopic (exact) mass is 349 g/mol. The molecule has 2 aromatic heterocycles. The van der Waals surface area contributed by atoms with Crippen LogP contribution in [0.3, 0.4) is 0 Å². The maximum atomic E-state index is 11.7. The van der Waals surface area contributed by atoms with Gasteiger partial charge in [0.25, 0.3) is 5.91 Å². The van der Waals surface area contributed by atoms with Crippen LogP contribution in [0.4, 0.5) is 5.82 Å².